The van der Waals surface area contributed by atoms with Gasteiger partial charge >= 0.3 is 0 Å². The van der Waals surface area contributed by atoms with Gasteiger partial charge < -0.3 is 5.73 Å². The predicted octanol–water partition coefficient (Wildman–Crippen LogP) is 3.08. The fourth-order valence-electron chi connectivity index (χ4n) is 1.11. The smallest absolute Gasteiger partial charge is 0.110 e. The van der Waals surface area contributed by atoms with E-state index in [-0.39, 0.29) is 6.04 Å². The van der Waals surface area contributed by atoms with Crippen LogP contribution in [0.5, 0.6) is 0 Å². The number of nitrogens with two attached hydrogens (primary N) is 1. The molecule has 0 radical (unpaired) electrons. The highest BCUT2D eigenvalue weighted by molar-refractivity contribution is 9.10. The molecule has 0 bridgehead atoms. The van der Waals surface area contributed by atoms with Crippen molar-refractivity contribution in [3.8, 4) is 0 Å². The Kier molecular flexibility index (Phi) is 2.36. The van der Waals surface area contributed by atoms with Crippen LogP contribution in [0.15, 0.2) is 22.7 Å². The van der Waals surface area contributed by atoms with E-state index in [1.54, 1.807) is 11.3 Å². The van der Waals surface area contributed by atoms with Crippen molar-refractivity contribution in [2.45, 2.75) is 13.0 Å². The summed E-state index contributed by atoms with van der Waals surface area (Å²) in [6.07, 6.45) is 0. The Morgan fingerprint density at radius 1 is 1.54 bits per heavy atom. The zero-order valence-electron chi connectivity index (χ0n) is 7.12. The van der Waals surface area contributed by atoms with Gasteiger partial charge in [-0.2, -0.15) is 0 Å². The molecule has 0 aliphatic rings. The minimum Gasteiger partial charge on any atom is -0.322 e. The molecular weight excluding hydrogens is 248 g/mol. The second-order valence-electron chi connectivity index (χ2n) is 2.95. The van der Waals surface area contributed by atoms with Gasteiger partial charge in [-0.05, 0) is 25.1 Å². The van der Waals surface area contributed by atoms with Gasteiger partial charge in [0.05, 0.1) is 16.3 Å². The first kappa shape index (κ1) is 9.12. The van der Waals surface area contributed by atoms with Crippen molar-refractivity contribution in [2.75, 3.05) is 0 Å². The van der Waals surface area contributed by atoms with Crippen molar-refractivity contribution in [2.24, 2.45) is 5.73 Å². The highest BCUT2D eigenvalue weighted by atomic mass is 79.9. The van der Waals surface area contributed by atoms with Gasteiger partial charge in [0, 0.05) is 4.47 Å². The molecule has 0 amide bonds. The third-order valence-electron chi connectivity index (χ3n) is 1.76. The number of fused-ring (bicyclic) bond motifs is 1. The molecule has 2 rings (SSSR count). The third-order valence-corrected chi connectivity index (χ3v) is 3.49. The molecule has 0 saturated heterocycles. The van der Waals surface area contributed by atoms with Gasteiger partial charge in [-0.3, -0.25) is 0 Å². The summed E-state index contributed by atoms with van der Waals surface area (Å²) in [7, 11) is 0. The second-order valence-corrected chi connectivity index (χ2v) is 4.93. The summed E-state index contributed by atoms with van der Waals surface area (Å²) in [5.41, 5.74) is 6.77. The van der Waals surface area contributed by atoms with E-state index in [1.807, 2.05) is 19.1 Å². The van der Waals surface area contributed by atoms with Gasteiger partial charge in [-0.25, -0.2) is 4.98 Å². The summed E-state index contributed by atoms with van der Waals surface area (Å²) in [6.45, 7) is 1.95. The third kappa shape index (κ3) is 1.75. The van der Waals surface area contributed by atoms with Gasteiger partial charge in [0.25, 0.3) is 0 Å². The lowest BCUT2D eigenvalue weighted by atomic mass is 10.3. The number of aromatic nitrogens is 1. The number of nitrogens with zero attached hydrogens (tertiary/aromatic N) is 1. The van der Waals surface area contributed by atoms with Crippen molar-refractivity contribution in [3.63, 3.8) is 0 Å². The Labute approximate surface area is 88.9 Å². The van der Waals surface area contributed by atoms with E-state index in [4.69, 9.17) is 5.73 Å². The van der Waals surface area contributed by atoms with Crippen LogP contribution in [-0.4, -0.2) is 4.98 Å². The van der Waals surface area contributed by atoms with Gasteiger partial charge in [-0.15, -0.1) is 11.3 Å². The zero-order chi connectivity index (χ0) is 9.42. The molecule has 0 fully saturated rings. The van der Waals surface area contributed by atoms with E-state index < -0.39 is 0 Å². The quantitative estimate of drug-likeness (QED) is 0.852. The topological polar surface area (TPSA) is 38.9 Å². The molecule has 0 unspecified atom stereocenters. The Balaban J connectivity index is 2.62. The number of thiazole rings is 1. The lowest BCUT2D eigenvalue weighted by molar-refractivity contribution is 0.810. The van der Waals surface area contributed by atoms with Crippen LogP contribution in [0, 0.1) is 0 Å². The number of benzene rings is 1. The maximum Gasteiger partial charge on any atom is 0.110 e. The van der Waals surface area contributed by atoms with E-state index in [0.717, 1.165) is 15.0 Å². The number of halogens is 1. The molecule has 0 aliphatic carbocycles. The zero-order valence-corrected chi connectivity index (χ0v) is 9.52. The average Bonchev–Trinajstić information content (AvgIpc) is 2.46. The number of hydrogen-bond acceptors (Lipinski definition) is 3. The van der Waals surface area contributed by atoms with Gasteiger partial charge in [-0.1, -0.05) is 15.9 Å². The summed E-state index contributed by atoms with van der Waals surface area (Å²) >= 11 is 5.07. The fourth-order valence-corrected chi connectivity index (χ4v) is 2.36. The van der Waals surface area contributed by atoms with Crippen LogP contribution < -0.4 is 5.73 Å². The van der Waals surface area contributed by atoms with E-state index in [9.17, 15) is 0 Å². The molecule has 2 nitrogen and oxygen atoms in total. The molecule has 0 saturated carbocycles. The Morgan fingerprint density at radius 3 is 3.00 bits per heavy atom. The van der Waals surface area contributed by atoms with Crippen LogP contribution in [-0.2, 0) is 0 Å². The summed E-state index contributed by atoms with van der Waals surface area (Å²) in [4.78, 5) is 4.44. The van der Waals surface area contributed by atoms with Crippen LogP contribution in [0.3, 0.4) is 0 Å². The first-order chi connectivity index (χ1) is 6.16. The first-order valence-electron chi connectivity index (χ1n) is 3.98. The molecule has 1 aromatic carbocycles. The summed E-state index contributed by atoms with van der Waals surface area (Å²) < 4.78 is 2.25. The largest absolute Gasteiger partial charge is 0.322 e. The number of rotatable bonds is 1. The van der Waals surface area contributed by atoms with Gasteiger partial charge in [0.2, 0.25) is 0 Å². The van der Waals surface area contributed by atoms with E-state index in [1.165, 1.54) is 4.70 Å². The molecule has 13 heavy (non-hydrogen) atoms. The molecule has 4 heteroatoms. The minimum absolute atomic E-state index is 0.0242. The Bertz CT molecular complexity index is 436. The second kappa shape index (κ2) is 3.36. The van der Waals surface area contributed by atoms with Crippen LogP contribution in [0.4, 0.5) is 0 Å². The van der Waals surface area contributed by atoms with Crippen molar-refractivity contribution in [3.05, 3.63) is 27.7 Å². The van der Waals surface area contributed by atoms with Crippen LogP contribution in [0.25, 0.3) is 10.2 Å². The molecule has 1 aromatic heterocycles. The van der Waals surface area contributed by atoms with Gasteiger partial charge in [0.15, 0.2) is 0 Å². The Morgan fingerprint density at radius 2 is 2.31 bits per heavy atom. The first-order valence-corrected chi connectivity index (χ1v) is 5.59. The summed E-state index contributed by atoms with van der Waals surface area (Å²) in [5, 5.41) is 0.994. The highest BCUT2D eigenvalue weighted by Gasteiger charge is 2.06. The predicted molar refractivity (Wildman–Crippen MR) is 59.9 cm³/mol. The van der Waals surface area contributed by atoms with Crippen LogP contribution in [0.1, 0.15) is 18.0 Å². The molecule has 1 atom stereocenters. The summed E-state index contributed by atoms with van der Waals surface area (Å²) in [5.74, 6) is 0. The average molecular weight is 257 g/mol. The monoisotopic (exact) mass is 256 g/mol. The van der Waals surface area contributed by atoms with Crippen molar-refractivity contribution < 1.29 is 0 Å². The molecule has 68 valence electrons. The lowest BCUT2D eigenvalue weighted by Gasteiger charge is -1.95. The molecular formula is C9H9BrN2S. The van der Waals surface area contributed by atoms with E-state index >= 15 is 0 Å². The normalized spacial score (nSPS) is 13.5. The summed E-state index contributed by atoms with van der Waals surface area (Å²) in [6, 6.07) is 6.11. The van der Waals surface area contributed by atoms with Gasteiger partial charge in [0.1, 0.15) is 5.01 Å². The SMILES string of the molecule is C[C@H](N)c1nc2cc(Br)ccc2s1. The molecule has 0 aliphatic heterocycles. The fraction of sp³-hybridized carbons (Fsp3) is 0.222. The lowest BCUT2D eigenvalue weighted by Crippen LogP contribution is -2.03. The molecule has 1 heterocycles. The van der Waals surface area contributed by atoms with Crippen LogP contribution in [0.2, 0.25) is 0 Å². The van der Waals surface area contributed by atoms with Crippen molar-refractivity contribution >= 4 is 37.5 Å². The van der Waals surface area contributed by atoms with Crippen molar-refractivity contribution in [1.29, 1.82) is 0 Å². The van der Waals surface area contributed by atoms with E-state index in [2.05, 4.69) is 27.0 Å². The van der Waals surface area contributed by atoms with E-state index in [0.29, 0.717) is 0 Å². The maximum atomic E-state index is 5.75. The molecule has 2 N–H and O–H groups in total. The minimum atomic E-state index is 0.0242. The van der Waals surface area contributed by atoms with Crippen molar-refractivity contribution in [1.82, 2.24) is 4.98 Å². The Hall–Kier alpha value is -0.450. The van der Waals surface area contributed by atoms with Crippen LogP contribution >= 0.6 is 27.3 Å². The maximum absolute atomic E-state index is 5.75. The highest BCUT2D eigenvalue weighted by Crippen LogP contribution is 2.27. The molecule has 2 aromatic rings. The number of hydrogen-bond donors (Lipinski definition) is 1. The molecule has 0 spiro atoms. The standard InChI is InChI=1S/C9H9BrN2S/c1-5(11)9-12-7-4-6(10)2-3-8(7)13-9/h2-5H,11H2,1H3/t5-/m0/s1.